The highest BCUT2D eigenvalue weighted by Crippen LogP contribution is 2.10. The summed E-state index contributed by atoms with van der Waals surface area (Å²) in [6, 6.07) is 0.300. The Morgan fingerprint density at radius 1 is 0.800 bits per heavy atom. The summed E-state index contributed by atoms with van der Waals surface area (Å²) in [5, 5.41) is 12.7. The molecule has 0 saturated carbocycles. The second-order valence-electron chi connectivity index (χ2n) is 6.65. The fourth-order valence-corrected chi connectivity index (χ4v) is 2.71. The van der Waals surface area contributed by atoms with Crippen LogP contribution in [0.5, 0.6) is 0 Å². The van der Waals surface area contributed by atoms with Gasteiger partial charge in [-0.25, -0.2) is 0 Å². The van der Waals surface area contributed by atoms with Crippen molar-refractivity contribution in [1.82, 2.24) is 5.32 Å². The van der Waals surface area contributed by atoms with Crippen molar-refractivity contribution in [2.45, 2.75) is 97.4 Å². The van der Waals surface area contributed by atoms with Gasteiger partial charge in [0.25, 0.3) is 0 Å². The zero-order valence-electron chi connectivity index (χ0n) is 14.3. The van der Waals surface area contributed by atoms with Crippen LogP contribution in [0.2, 0.25) is 0 Å². The van der Waals surface area contributed by atoms with Gasteiger partial charge in [0.05, 0.1) is 6.61 Å². The van der Waals surface area contributed by atoms with E-state index in [0.29, 0.717) is 12.0 Å². The quantitative estimate of drug-likeness (QED) is 0.419. The molecule has 2 N–H and O–H groups in total. The van der Waals surface area contributed by atoms with Crippen molar-refractivity contribution in [2.75, 3.05) is 13.2 Å². The summed E-state index contributed by atoms with van der Waals surface area (Å²) in [7, 11) is 0. The lowest BCUT2D eigenvalue weighted by molar-refractivity contribution is 0.224. The van der Waals surface area contributed by atoms with Gasteiger partial charge in [-0.1, -0.05) is 78.6 Å². The summed E-state index contributed by atoms with van der Waals surface area (Å²) in [6.07, 6.45) is 14.9. The van der Waals surface area contributed by atoms with Crippen LogP contribution < -0.4 is 5.32 Å². The molecule has 0 fully saturated rings. The first-order chi connectivity index (χ1) is 9.70. The Labute approximate surface area is 127 Å². The van der Waals surface area contributed by atoms with Crippen LogP contribution in [0.4, 0.5) is 0 Å². The molecule has 2 heteroatoms. The van der Waals surface area contributed by atoms with Crippen LogP contribution >= 0.6 is 0 Å². The number of aliphatic hydroxyl groups excluding tert-OH is 1. The van der Waals surface area contributed by atoms with Gasteiger partial charge in [0.15, 0.2) is 0 Å². The molecule has 0 bridgehead atoms. The minimum atomic E-state index is 0.274. The molecule has 0 amide bonds. The molecule has 0 unspecified atom stereocenters. The topological polar surface area (TPSA) is 32.3 Å². The molecular formula is C18H39NO. The molecular weight excluding hydrogens is 246 g/mol. The Balaban J connectivity index is 3.19. The number of nitrogens with one attached hydrogen (secondary N) is 1. The van der Waals surface area contributed by atoms with Crippen LogP contribution in [0.25, 0.3) is 0 Å². The van der Waals surface area contributed by atoms with E-state index in [1.165, 1.54) is 64.2 Å². The molecule has 1 atom stereocenters. The van der Waals surface area contributed by atoms with Gasteiger partial charge in [0, 0.05) is 6.04 Å². The van der Waals surface area contributed by atoms with E-state index in [1.54, 1.807) is 0 Å². The maximum Gasteiger partial charge on any atom is 0.0584 e. The zero-order chi connectivity index (χ0) is 15.1. The molecule has 0 aromatic heterocycles. The Morgan fingerprint density at radius 2 is 1.30 bits per heavy atom. The molecule has 0 aromatic rings. The lowest BCUT2D eigenvalue weighted by Gasteiger charge is -2.18. The van der Waals surface area contributed by atoms with E-state index >= 15 is 0 Å². The van der Waals surface area contributed by atoms with Gasteiger partial charge in [-0.05, 0) is 25.3 Å². The first-order valence-electron chi connectivity index (χ1n) is 9.05. The third-order valence-electron chi connectivity index (χ3n) is 3.94. The summed E-state index contributed by atoms with van der Waals surface area (Å²) >= 11 is 0. The molecule has 122 valence electrons. The number of hydrogen-bond acceptors (Lipinski definition) is 2. The number of unbranched alkanes of at least 4 members (excludes halogenated alkanes) is 9. The second kappa shape index (κ2) is 15.3. The van der Waals surface area contributed by atoms with E-state index in [1.807, 2.05) is 0 Å². The van der Waals surface area contributed by atoms with Crippen molar-refractivity contribution in [1.29, 1.82) is 0 Å². The number of rotatable bonds is 15. The predicted octanol–water partition coefficient (Wildman–Crippen LogP) is 4.90. The average molecular weight is 286 g/mol. The Bertz CT molecular complexity index is 182. The number of hydrogen-bond donors (Lipinski definition) is 2. The molecule has 0 aromatic carbocycles. The maximum atomic E-state index is 9.27. The van der Waals surface area contributed by atoms with Gasteiger partial charge >= 0.3 is 0 Å². The van der Waals surface area contributed by atoms with Crippen LogP contribution in [-0.4, -0.2) is 24.3 Å². The predicted molar refractivity (Wildman–Crippen MR) is 90.2 cm³/mol. The number of aliphatic hydroxyl groups is 1. The van der Waals surface area contributed by atoms with E-state index in [4.69, 9.17) is 0 Å². The van der Waals surface area contributed by atoms with E-state index < -0.39 is 0 Å². The highest BCUT2D eigenvalue weighted by atomic mass is 16.3. The van der Waals surface area contributed by atoms with Crippen molar-refractivity contribution >= 4 is 0 Å². The molecule has 0 aliphatic rings. The van der Waals surface area contributed by atoms with Crippen LogP contribution in [-0.2, 0) is 0 Å². The fraction of sp³-hybridized carbons (Fsp3) is 1.00. The Kier molecular flexibility index (Phi) is 15.3. The molecule has 0 heterocycles. The summed E-state index contributed by atoms with van der Waals surface area (Å²) in [5.74, 6) is 0.660. The lowest BCUT2D eigenvalue weighted by atomic mass is 10.0. The second-order valence-corrected chi connectivity index (χ2v) is 6.65. The normalized spacial score (nSPS) is 13.1. The van der Waals surface area contributed by atoms with Crippen molar-refractivity contribution in [3.63, 3.8) is 0 Å². The summed E-state index contributed by atoms with van der Waals surface area (Å²) in [5.41, 5.74) is 0. The maximum absolute atomic E-state index is 9.27. The minimum Gasteiger partial charge on any atom is -0.395 e. The van der Waals surface area contributed by atoms with Gasteiger partial charge in [0.1, 0.15) is 0 Å². The van der Waals surface area contributed by atoms with E-state index in [0.717, 1.165) is 13.0 Å². The van der Waals surface area contributed by atoms with Crippen LogP contribution in [0.15, 0.2) is 0 Å². The van der Waals surface area contributed by atoms with Crippen LogP contribution in [0.1, 0.15) is 91.4 Å². The average Bonchev–Trinajstić information content (AvgIpc) is 2.43. The molecule has 0 radical (unpaired) electrons. The van der Waals surface area contributed by atoms with Crippen molar-refractivity contribution in [2.24, 2.45) is 5.92 Å². The highest BCUT2D eigenvalue weighted by molar-refractivity contribution is 4.67. The molecule has 0 rings (SSSR count). The molecule has 0 aliphatic heterocycles. The monoisotopic (exact) mass is 285 g/mol. The molecule has 0 spiro atoms. The third kappa shape index (κ3) is 14.3. The fourth-order valence-electron chi connectivity index (χ4n) is 2.71. The molecule has 0 saturated heterocycles. The smallest absolute Gasteiger partial charge is 0.0584 e. The third-order valence-corrected chi connectivity index (χ3v) is 3.94. The Hall–Kier alpha value is -0.0800. The Morgan fingerprint density at radius 3 is 1.75 bits per heavy atom. The van der Waals surface area contributed by atoms with Crippen molar-refractivity contribution < 1.29 is 5.11 Å². The SMILES string of the molecule is CCCCCCCCCCCCN[C@H](CO)CC(C)C. The van der Waals surface area contributed by atoms with Gasteiger partial charge in [-0.3, -0.25) is 0 Å². The van der Waals surface area contributed by atoms with E-state index in [-0.39, 0.29) is 6.61 Å². The minimum absolute atomic E-state index is 0.274. The largest absolute Gasteiger partial charge is 0.395 e. The zero-order valence-corrected chi connectivity index (χ0v) is 14.3. The van der Waals surface area contributed by atoms with Gasteiger partial charge in [0.2, 0.25) is 0 Å². The van der Waals surface area contributed by atoms with Gasteiger partial charge < -0.3 is 10.4 Å². The molecule has 2 nitrogen and oxygen atoms in total. The molecule has 0 aliphatic carbocycles. The first kappa shape index (κ1) is 19.9. The molecule has 20 heavy (non-hydrogen) atoms. The van der Waals surface area contributed by atoms with Gasteiger partial charge in [-0.15, -0.1) is 0 Å². The summed E-state index contributed by atoms with van der Waals surface area (Å²) < 4.78 is 0. The highest BCUT2D eigenvalue weighted by Gasteiger charge is 2.07. The van der Waals surface area contributed by atoms with E-state index in [2.05, 4.69) is 26.1 Å². The standard InChI is InChI=1S/C18H39NO/c1-4-5-6-7-8-9-10-11-12-13-14-19-18(16-20)15-17(2)3/h17-20H,4-16H2,1-3H3/t18-/m0/s1. The van der Waals surface area contributed by atoms with E-state index in [9.17, 15) is 5.11 Å². The van der Waals surface area contributed by atoms with Crippen molar-refractivity contribution in [3.05, 3.63) is 0 Å². The van der Waals surface area contributed by atoms with Gasteiger partial charge in [-0.2, -0.15) is 0 Å². The van der Waals surface area contributed by atoms with Crippen LogP contribution in [0.3, 0.4) is 0 Å². The van der Waals surface area contributed by atoms with Crippen LogP contribution in [0, 0.1) is 5.92 Å². The first-order valence-corrected chi connectivity index (χ1v) is 9.05. The van der Waals surface area contributed by atoms with Crippen molar-refractivity contribution in [3.8, 4) is 0 Å². The summed E-state index contributed by atoms with van der Waals surface area (Å²) in [6.45, 7) is 8.04. The lowest BCUT2D eigenvalue weighted by Crippen LogP contribution is -2.34. The summed E-state index contributed by atoms with van der Waals surface area (Å²) in [4.78, 5) is 0.